The second-order valence-electron chi connectivity index (χ2n) is 7.58. The lowest BCUT2D eigenvalue weighted by molar-refractivity contribution is 0.0731. The number of nitrogens with zero attached hydrogens (tertiary/aromatic N) is 1. The summed E-state index contributed by atoms with van der Waals surface area (Å²) in [5.74, 6) is 0.529. The first-order valence-corrected chi connectivity index (χ1v) is 10.6. The highest BCUT2D eigenvalue weighted by Gasteiger charge is 2.28. The van der Waals surface area contributed by atoms with Crippen LogP contribution < -0.4 is 14.2 Å². The van der Waals surface area contributed by atoms with Crippen molar-refractivity contribution in [2.24, 2.45) is 0 Å². The summed E-state index contributed by atoms with van der Waals surface area (Å²) < 4.78 is 18.7. The van der Waals surface area contributed by atoms with Gasteiger partial charge in [0.15, 0.2) is 5.76 Å². The molecule has 6 nitrogen and oxygen atoms in total. The lowest BCUT2D eigenvalue weighted by Gasteiger charge is -2.08. The molecule has 3 aromatic carbocycles. The molecule has 1 aliphatic rings. The van der Waals surface area contributed by atoms with Crippen LogP contribution in [-0.4, -0.2) is 23.4 Å². The zero-order valence-corrected chi connectivity index (χ0v) is 18.2. The molecule has 4 aromatic rings. The molecule has 164 valence electrons. The summed E-state index contributed by atoms with van der Waals surface area (Å²) in [6.45, 7) is 2.89. The largest absolute Gasteiger partial charge is 0.496 e. The number of allylic oxidation sites excluding steroid dienone is 1. The molecule has 5 rings (SSSR count). The third-order valence-electron chi connectivity index (χ3n) is 5.63. The van der Waals surface area contributed by atoms with Gasteiger partial charge in [0, 0.05) is 35.3 Å². The van der Waals surface area contributed by atoms with Crippen LogP contribution in [0.25, 0.3) is 17.0 Å². The van der Waals surface area contributed by atoms with Crippen molar-refractivity contribution in [1.29, 1.82) is 0 Å². The number of hydrogen-bond donors (Lipinski definition) is 0. The molecular formula is C27H21NO5. The van der Waals surface area contributed by atoms with Crippen LogP contribution >= 0.6 is 0 Å². The van der Waals surface area contributed by atoms with E-state index in [0.717, 1.165) is 23.0 Å². The molecule has 1 aliphatic heterocycles. The standard InChI is InChI=1S/C27H21NO5/c1-3-28-16-17(19-8-4-6-10-22(19)28)14-25-26(29)20-13-12-18(15-24(20)33-25)32-27(30)21-9-5-7-11-23(21)31-2/h4-16H,3H2,1-2H3. The molecule has 0 N–H and O–H groups in total. The van der Waals surface area contributed by atoms with E-state index in [1.165, 1.54) is 7.11 Å². The third kappa shape index (κ3) is 3.65. The number of Topliss-reactive ketones (excluding diaryl/α,β-unsaturated/α-hetero) is 1. The molecule has 0 aliphatic carbocycles. The van der Waals surface area contributed by atoms with Gasteiger partial charge in [0.25, 0.3) is 0 Å². The Morgan fingerprint density at radius 3 is 2.67 bits per heavy atom. The Morgan fingerprint density at radius 2 is 1.85 bits per heavy atom. The molecule has 0 fully saturated rings. The molecule has 0 amide bonds. The molecule has 0 saturated heterocycles. The fraction of sp³-hybridized carbons (Fsp3) is 0.111. The number of carbonyl (C=O) groups is 2. The maximum atomic E-state index is 12.9. The second-order valence-corrected chi connectivity index (χ2v) is 7.58. The Labute approximate surface area is 190 Å². The normalized spacial score (nSPS) is 13.8. The van der Waals surface area contributed by atoms with E-state index >= 15 is 0 Å². The van der Waals surface area contributed by atoms with Crippen LogP contribution in [0.5, 0.6) is 17.2 Å². The number of benzene rings is 3. The molecule has 1 aromatic heterocycles. The number of methoxy groups -OCH3 is 1. The van der Waals surface area contributed by atoms with E-state index in [2.05, 4.69) is 17.6 Å². The summed E-state index contributed by atoms with van der Waals surface area (Å²) in [6.07, 6.45) is 3.77. The van der Waals surface area contributed by atoms with Crippen molar-refractivity contribution in [3.05, 3.63) is 95.4 Å². The topological polar surface area (TPSA) is 66.8 Å². The molecule has 0 unspecified atom stereocenters. The highest BCUT2D eigenvalue weighted by atomic mass is 16.5. The SMILES string of the molecule is CCn1cc(C=C2Oc3cc(OC(=O)c4ccccc4OC)ccc3C2=O)c2ccccc21. The quantitative estimate of drug-likeness (QED) is 0.233. The first-order valence-electron chi connectivity index (χ1n) is 10.6. The first-order chi connectivity index (χ1) is 16.1. The molecule has 0 spiro atoms. The van der Waals surface area contributed by atoms with Crippen molar-refractivity contribution in [2.75, 3.05) is 7.11 Å². The molecule has 6 heteroatoms. The summed E-state index contributed by atoms with van der Waals surface area (Å²) >= 11 is 0. The number of hydrogen-bond acceptors (Lipinski definition) is 5. The van der Waals surface area contributed by atoms with Crippen LogP contribution in [0.2, 0.25) is 0 Å². The van der Waals surface area contributed by atoms with Crippen molar-refractivity contribution in [2.45, 2.75) is 13.5 Å². The zero-order valence-electron chi connectivity index (χ0n) is 18.2. The number of aromatic nitrogens is 1. The van der Waals surface area contributed by atoms with Gasteiger partial charge in [-0.15, -0.1) is 0 Å². The number of para-hydroxylation sites is 2. The average Bonchev–Trinajstić information content (AvgIpc) is 3.36. The van der Waals surface area contributed by atoms with Gasteiger partial charge in [0.1, 0.15) is 22.8 Å². The van der Waals surface area contributed by atoms with Crippen LogP contribution in [-0.2, 0) is 6.54 Å². The van der Waals surface area contributed by atoms with E-state index < -0.39 is 5.97 Å². The number of esters is 1. The van der Waals surface area contributed by atoms with Crippen molar-refractivity contribution >= 4 is 28.7 Å². The first kappa shape index (κ1) is 20.6. The van der Waals surface area contributed by atoms with Gasteiger partial charge in [0.2, 0.25) is 5.78 Å². The van der Waals surface area contributed by atoms with Crippen LogP contribution in [0, 0.1) is 0 Å². The Bertz CT molecular complexity index is 1430. The lowest BCUT2D eigenvalue weighted by atomic mass is 10.1. The van der Waals surface area contributed by atoms with Crippen molar-refractivity contribution in [3.8, 4) is 17.2 Å². The Kier molecular flexibility index (Phi) is 5.18. The Morgan fingerprint density at radius 1 is 1.06 bits per heavy atom. The van der Waals surface area contributed by atoms with Crippen LogP contribution in [0.4, 0.5) is 0 Å². The summed E-state index contributed by atoms with van der Waals surface area (Å²) in [5.41, 5.74) is 2.75. The van der Waals surface area contributed by atoms with Gasteiger partial charge >= 0.3 is 5.97 Å². The van der Waals surface area contributed by atoms with E-state index in [1.54, 1.807) is 48.5 Å². The number of aryl methyl sites for hydroxylation is 1. The van der Waals surface area contributed by atoms with Crippen LogP contribution in [0.3, 0.4) is 0 Å². The molecular weight excluding hydrogens is 418 g/mol. The lowest BCUT2D eigenvalue weighted by Crippen LogP contribution is -2.10. The van der Waals surface area contributed by atoms with E-state index in [0.29, 0.717) is 22.6 Å². The summed E-state index contributed by atoms with van der Waals surface area (Å²) in [6, 6.07) is 19.6. The van der Waals surface area contributed by atoms with Crippen LogP contribution in [0.15, 0.2) is 78.7 Å². The average molecular weight is 439 g/mol. The van der Waals surface area contributed by atoms with E-state index in [1.807, 2.05) is 24.4 Å². The molecule has 0 atom stereocenters. The number of fused-ring (bicyclic) bond motifs is 2. The zero-order chi connectivity index (χ0) is 22.9. The summed E-state index contributed by atoms with van der Waals surface area (Å²) in [7, 11) is 1.49. The number of ketones is 1. The van der Waals surface area contributed by atoms with Gasteiger partial charge in [-0.25, -0.2) is 4.79 Å². The summed E-state index contributed by atoms with van der Waals surface area (Å²) in [4.78, 5) is 25.5. The predicted molar refractivity (Wildman–Crippen MR) is 125 cm³/mol. The van der Waals surface area contributed by atoms with Gasteiger partial charge < -0.3 is 18.8 Å². The Hall–Kier alpha value is -4.32. The Balaban J connectivity index is 1.42. The highest BCUT2D eigenvalue weighted by molar-refractivity contribution is 6.15. The monoisotopic (exact) mass is 439 g/mol. The van der Waals surface area contributed by atoms with Gasteiger partial charge in [-0.3, -0.25) is 4.79 Å². The molecule has 0 bridgehead atoms. The molecule has 0 radical (unpaired) electrons. The summed E-state index contributed by atoms with van der Waals surface area (Å²) in [5, 5.41) is 1.05. The minimum Gasteiger partial charge on any atom is -0.496 e. The fourth-order valence-electron chi connectivity index (χ4n) is 4.00. The number of carbonyl (C=O) groups excluding carboxylic acids is 2. The van der Waals surface area contributed by atoms with Gasteiger partial charge in [0.05, 0.1) is 12.7 Å². The minimum atomic E-state index is -0.556. The van der Waals surface area contributed by atoms with Gasteiger partial charge in [-0.2, -0.15) is 0 Å². The maximum Gasteiger partial charge on any atom is 0.347 e. The number of ether oxygens (including phenoxy) is 3. The van der Waals surface area contributed by atoms with Gasteiger partial charge in [-0.1, -0.05) is 30.3 Å². The smallest absolute Gasteiger partial charge is 0.347 e. The van der Waals surface area contributed by atoms with Crippen LogP contribution in [0.1, 0.15) is 33.2 Å². The van der Waals surface area contributed by atoms with Crippen molar-refractivity contribution in [1.82, 2.24) is 4.57 Å². The van der Waals surface area contributed by atoms with Crippen molar-refractivity contribution < 1.29 is 23.8 Å². The number of rotatable bonds is 5. The fourth-order valence-corrected chi connectivity index (χ4v) is 4.00. The molecule has 0 saturated carbocycles. The van der Waals surface area contributed by atoms with E-state index in [-0.39, 0.29) is 17.3 Å². The second kappa shape index (κ2) is 8.31. The third-order valence-corrected chi connectivity index (χ3v) is 5.63. The van der Waals surface area contributed by atoms with E-state index in [4.69, 9.17) is 14.2 Å². The maximum absolute atomic E-state index is 12.9. The molecule has 2 heterocycles. The highest BCUT2D eigenvalue weighted by Crippen LogP contribution is 2.36. The van der Waals surface area contributed by atoms with E-state index in [9.17, 15) is 9.59 Å². The molecule has 33 heavy (non-hydrogen) atoms. The minimum absolute atomic E-state index is 0.207. The van der Waals surface area contributed by atoms with Crippen molar-refractivity contribution in [3.63, 3.8) is 0 Å². The van der Waals surface area contributed by atoms with Gasteiger partial charge in [-0.05, 0) is 43.3 Å². The predicted octanol–water partition coefficient (Wildman–Crippen LogP) is 5.51.